The first kappa shape index (κ1) is 14.2. The minimum absolute atomic E-state index is 0.172. The molecule has 0 fully saturated rings. The van der Waals surface area contributed by atoms with Crippen molar-refractivity contribution in [3.8, 4) is 0 Å². The summed E-state index contributed by atoms with van der Waals surface area (Å²) in [5.41, 5.74) is -3.16. The van der Waals surface area contributed by atoms with Crippen LogP contribution in [0.4, 0.5) is 26.3 Å². The summed E-state index contributed by atoms with van der Waals surface area (Å²) in [7, 11) is 0. The van der Waals surface area contributed by atoms with E-state index < -0.39 is 28.5 Å². The van der Waals surface area contributed by atoms with Gasteiger partial charge in [-0.25, -0.2) is 0 Å². The van der Waals surface area contributed by atoms with Crippen LogP contribution in [0.5, 0.6) is 0 Å². The molecule has 7 heteroatoms. The van der Waals surface area contributed by atoms with E-state index in [0.29, 0.717) is 12.1 Å². The lowest BCUT2D eigenvalue weighted by Gasteiger charge is -2.16. The van der Waals surface area contributed by atoms with Crippen LogP contribution < -0.4 is 0 Å². The van der Waals surface area contributed by atoms with Crippen LogP contribution in [0, 0.1) is 6.92 Å². The lowest BCUT2D eigenvalue weighted by molar-refractivity contribution is -0.142. The molecule has 0 bridgehead atoms. The van der Waals surface area contributed by atoms with Crippen molar-refractivity contribution in [1.82, 2.24) is 0 Å². The van der Waals surface area contributed by atoms with Crippen LogP contribution >= 0.6 is 11.6 Å². The van der Waals surface area contributed by atoms with Crippen molar-refractivity contribution in [3.05, 3.63) is 40.8 Å². The minimum atomic E-state index is -4.93. The lowest BCUT2D eigenvalue weighted by Crippen LogP contribution is -2.13. The van der Waals surface area contributed by atoms with Gasteiger partial charge in [-0.2, -0.15) is 26.3 Å². The molecule has 0 atom stereocenters. The largest absolute Gasteiger partial charge is 0.417 e. The van der Waals surface area contributed by atoms with E-state index in [9.17, 15) is 26.3 Å². The van der Waals surface area contributed by atoms with Crippen molar-refractivity contribution in [2.24, 2.45) is 0 Å². The van der Waals surface area contributed by atoms with Crippen LogP contribution in [0.3, 0.4) is 0 Å². The standard InChI is InChI=1S/C10H6ClF6/c1-2-5-3-6(9(12,13)14)8(11)7(4-5)10(15,16)17/h3-4H,1-2H2. The molecule has 17 heavy (non-hydrogen) atoms. The fraction of sp³-hybridized carbons (Fsp3) is 0.300. The summed E-state index contributed by atoms with van der Waals surface area (Å²) < 4.78 is 74.8. The Morgan fingerprint density at radius 3 is 1.53 bits per heavy atom. The molecule has 1 rings (SSSR count). The summed E-state index contributed by atoms with van der Waals surface area (Å²) in [6.45, 7) is 3.25. The Kier molecular flexibility index (Phi) is 3.66. The predicted molar refractivity (Wildman–Crippen MR) is 50.5 cm³/mol. The molecule has 1 radical (unpaired) electrons. The van der Waals surface area contributed by atoms with Gasteiger partial charge in [-0.05, 0) is 31.0 Å². The highest BCUT2D eigenvalue weighted by Gasteiger charge is 2.40. The van der Waals surface area contributed by atoms with E-state index in [1.807, 2.05) is 0 Å². The molecule has 1 aromatic carbocycles. The molecular weight excluding hydrogens is 270 g/mol. The van der Waals surface area contributed by atoms with Crippen LogP contribution in [0.25, 0.3) is 0 Å². The van der Waals surface area contributed by atoms with Crippen LogP contribution in [0.15, 0.2) is 12.1 Å². The second-order valence-electron chi connectivity index (χ2n) is 3.25. The molecular formula is C10H6ClF6. The molecule has 95 valence electrons. The van der Waals surface area contributed by atoms with Crippen LogP contribution in [0.2, 0.25) is 5.02 Å². The van der Waals surface area contributed by atoms with Crippen LogP contribution in [-0.2, 0) is 18.8 Å². The van der Waals surface area contributed by atoms with Crippen LogP contribution in [0.1, 0.15) is 16.7 Å². The van der Waals surface area contributed by atoms with Gasteiger partial charge < -0.3 is 0 Å². The summed E-state index contributed by atoms with van der Waals surface area (Å²) in [4.78, 5) is 0. The van der Waals surface area contributed by atoms with E-state index in [1.165, 1.54) is 0 Å². The van der Waals surface area contributed by atoms with Crippen molar-refractivity contribution in [1.29, 1.82) is 0 Å². The van der Waals surface area contributed by atoms with E-state index in [0.717, 1.165) is 0 Å². The smallest absolute Gasteiger partial charge is 0.166 e. The van der Waals surface area contributed by atoms with Gasteiger partial charge in [0.2, 0.25) is 0 Å². The molecule has 0 saturated heterocycles. The highest BCUT2D eigenvalue weighted by Crippen LogP contribution is 2.42. The third-order valence-corrected chi connectivity index (χ3v) is 2.44. The molecule has 0 N–H and O–H groups in total. The van der Waals surface area contributed by atoms with Crippen molar-refractivity contribution in [3.63, 3.8) is 0 Å². The third kappa shape index (κ3) is 3.06. The number of benzene rings is 1. The first-order valence-corrected chi connectivity index (χ1v) is 4.71. The second-order valence-corrected chi connectivity index (χ2v) is 3.63. The van der Waals surface area contributed by atoms with Gasteiger partial charge in [0.1, 0.15) is 0 Å². The maximum atomic E-state index is 12.5. The van der Waals surface area contributed by atoms with Gasteiger partial charge in [-0.1, -0.05) is 11.6 Å². The molecule has 0 saturated carbocycles. The first-order chi connectivity index (χ1) is 7.57. The van der Waals surface area contributed by atoms with E-state index in [-0.39, 0.29) is 12.0 Å². The average Bonchev–Trinajstić information content (AvgIpc) is 2.14. The van der Waals surface area contributed by atoms with Crippen molar-refractivity contribution < 1.29 is 26.3 Å². The van der Waals surface area contributed by atoms with E-state index in [4.69, 9.17) is 11.6 Å². The zero-order valence-electron chi connectivity index (χ0n) is 8.21. The van der Waals surface area contributed by atoms with E-state index in [1.54, 1.807) is 0 Å². The normalized spacial score (nSPS) is 12.9. The maximum absolute atomic E-state index is 12.5. The summed E-state index contributed by atoms with van der Waals surface area (Å²) in [5, 5.41) is -1.33. The number of hydrogen-bond acceptors (Lipinski definition) is 0. The van der Waals surface area contributed by atoms with Gasteiger partial charge in [0.05, 0.1) is 16.1 Å². The maximum Gasteiger partial charge on any atom is 0.417 e. The first-order valence-electron chi connectivity index (χ1n) is 4.33. The summed E-state index contributed by atoms with van der Waals surface area (Å²) >= 11 is 5.15. The van der Waals surface area contributed by atoms with Gasteiger partial charge in [0.25, 0.3) is 0 Å². The molecule has 0 aliphatic rings. The number of halogens is 7. The molecule has 0 unspecified atom stereocenters. The van der Waals surface area contributed by atoms with E-state index >= 15 is 0 Å². The third-order valence-electron chi connectivity index (χ3n) is 2.03. The Hall–Kier alpha value is -0.910. The summed E-state index contributed by atoms with van der Waals surface area (Å²) in [6.07, 6.45) is -10.0. The molecule has 0 aromatic heterocycles. The van der Waals surface area contributed by atoms with Crippen molar-refractivity contribution >= 4 is 11.6 Å². The van der Waals surface area contributed by atoms with E-state index in [2.05, 4.69) is 6.92 Å². The molecule has 0 aliphatic carbocycles. The quantitative estimate of drug-likeness (QED) is 0.649. The Morgan fingerprint density at radius 2 is 1.29 bits per heavy atom. The average molecular weight is 276 g/mol. The molecule has 0 heterocycles. The molecule has 0 spiro atoms. The highest BCUT2D eigenvalue weighted by atomic mass is 35.5. The minimum Gasteiger partial charge on any atom is -0.166 e. The van der Waals surface area contributed by atoms with Gasteiger partial charge in [-0.15, -0.1) is 0 Å². The molecule has 1 aromatic rings. The lowest BCUT2D eigenvalue weighted by atomic mass is 10.0. The van der Waals surface area contributed by atoms with Gasteiger partial charge >= 0.3 is 12.4 Å². The SMILES string of the molecule is [CH2]Cc1cc(C(F)(F)F)c(Cl)c(C(F)(F)F)c1. The summed E-state index contributed by atoms with van der Waals surface area (Å²) in [5.74, 6) is 0. The zero-order chi connectivity index (χ0) is 13.4. The fourth-order valence-corrected chi connectivity index (χ4v) is 1.56. The second kappa shape index (κ2) is 4.40. The Balaban J connectivity index is 3.53. The Morgan fingerprint density at radius 1 is 0.941 bits per heavy atom. The number of rotatable bonds is 1. The number of hydrogen-bond donors (Lipinski definition) is 0. The van der Waals surface area contributed by atoms with Crippen molar-refractivity contribution in [2.75, 3.05) is 0 Å². The van der Waals surface area contributed by atoms with Gasteiger partial charge in [0.15, 0.2) is 0 Å². The fourth-order valence-electron chi connectivity index (χ4n) is 1.24. The monoisotopic (exact) mass is 275 g/mol. The van der Waals surface area contributed by atoms with Gasteiger partial charge in [-0.3, -0.25) is 0 Å². The van der Waals surface area contributed by atoms with Crippen molar-refractivity contribution in [2.45, 2.75) is 18.8 Å². The Labute approximate surface area is 98.2 Å². The Bertz CT molecular complexity index is 383. The topological polar surface area (TPSA) is 0 Å². The predicted octanol–water partition coefficient (Wildman–Crippen LogP) is 4.75. The molecule has 0 aliphatic heterocycles. The van der Waals surface area contributed by atoms with Gasteiger partial charge in [0, 0.05) is 0 Å². The summed E-state index contributed by atoms with van der Waals surface area (Å²) in [6, 6.07) is 1.15. The molecule has 0 amide bonds. The number of alkyl halides is 6. The molecule has 0 nitrogen and oxygen atoms in total. The highest BCUT2D eigenvalue weighted by molar-refractivity contribution is 6.32. The zero-order valence-corrected chi connectivity index (χ0v) is 8.97. The van der Waals surface area contributed by atoms with Crippen LogP contribution in [-0.4, -0.2) is 0 Å².